The maximum atomic E-state index is 13.4. The molecule has 1 unspecified atom stereocenters. The van der Waals surface area contributed by atoms with Crippen molar-refractivity contribution in [3.8, 4) is 11.8 Å². The summed E-state index contributed by atoms with van der Waals surface area (Å²) in [6.45, 7) is 2.84. The van der Waals surface area contributed by atoms with Crippen LogP contribution in [0.4, 0.5) is 4.39 Å². The number of sulfonamides is 1. The predicted octanol–water partition coefficient (Wildman–Crippen LogP) is 1.59. The number of hydrogen-bond donors (Lipinski definition) is 1. The van der Waals surface area contributed by atoms with Crippen molar-refractivity contribution in [2.45, 2.75) is 24.7 Å². The van der Waals surface area contributed by atoms with E-state index in [2.05, 4.69) is 11.8 Å². The van der Waals surface area contributed by atoms with Gasteiger partial charge in [-0.05, 0) is 30.5 Å². The number of aliphatic hydroxyl groups is 1. The molecule has 1 atom stereocenters. The molecule has 6 heteroatoms. The Kier molecular flexibility index (Phi) is 4.99. The Balaban J connectivity index is 2.41. The van der Waals surface area contributed by atoms with Gasteiger partial charge in [0.15, 0.2) is 0 Å². The number of halogens is 1. The van der Waals surface area contributed by atoms with Crippen LogP contribution < -0.4 is 0 Å². The Hall–Kier alpha value is -1.42. The van der Waals surface area contributed by atoms with Crippen LogP contribution in [-0.2, 0) is 10.0 Å². The fourth-order valence-electron chi connectivity index (χ4n) is 2.29. The van der Waals surface area contributed by atoms with E-state index in [1.165, 1.54) is 10.4 Å². The third kappa shape index (κ3) is 3.62. The second kappa shape index (κ2) is 6.56. The molecule has 1 fully saturated rings. The van der Waals surface area contributed by atoms with Gasteiger partial charge in [-0.2, -0.15) is 4.31 Å². The highest BCUT2D eigenvalue weighted by Crippen LogP contribution is 2.26. The SMILES string of the molecule is CC1CCN(S(=O)(=O)c2ccc(F)cc2C#CCCO)C1. The maximum Gasteiger partial charge on any atom is 0.244 e. The monoisotopic (exact) mass is 311 g/mol. The minimum Gasteiger partial charge on any atom is -0.395 e. The Morgan fingerprint density at radius 3 is 2.86 bits per heavy atom. The highest BCUT2D eigenvalue weighted by molar-refractivity contribution is 7.89. The molecular weight excluding hydrogens is 293 g/mol. The van der Waals surface area contributed by atoms with Crippen molar-refractivity contribution in [2.75, 3.05) is 19.7 Å². The van der Waals surface area contributed by atoms with E-state index in [1.54, 1.807) is 0 Å². The van der Waals surface area contributed by atoms with E-state index < -0.39 is 15.8 Å². The van der Waals surface area contributed by atoms with Crippen molar-refractivity contribution in [1.29, 1.82) is 0 Å². The molecule has 114 valence electrons. The molecule has 0 saturated carbocycles. The molecule has 1 aliphatic heterocycles. The van der Waals surface area contributed by atoms with E-state index in [-0.39, 0.29) is 23.5 Å². The van der Waals surface area contributed by atoms with E-state index in [0.717, 1.165) is 18.6 Å². The molecule has 0 aromatic heterocycles. The van der Waals surface area contributed by atoms with Crippen molar-refractivity contribution < 1.29 is 17.9 Å². The van der Waals surface area contributed by atoms with Gasteiger partial charge >= 0.3 is 0 Å². The molecule has 0 radical (unpaired) electrons. The second-order valence-corrected chi connectivity index (χ2v) is 7.08. The molecular formula is C15H18FNO3S. The zero-order valence-electron chi connectivity index (χ0n) is 11.8. The van der Waals surface area contributed by atoms with Crippen molar-refractivity contribution >= 4 is 10.0 Å². The maximum absolute atomic E-state index is 13.4. The van der Waals surface area contributed by atoms with Crippen LogP contribution >= 0.6 is 0 Å². The standard InChI is InChI=1S/C15H18FNO3S/c1-12-7-8-17(11-12)21(19,20)15-6-5-14(16)10-13(15)4-2-3-9-18/h5-6,10,12,18H,3,7-9,11H2,1H3. The first-order chi connectivity index (χ1) is 9.95. The van der Waals surface area contributed by atoms with Crippen LogP contribution in [0, 0.1) is 23.6 Å². The van der Waals surface area contributed by atoms with Crippen LogP contribution in [-0.4, -0.2) is 37.5 Å². The molecule has 1 heterocycles. The fraction of sp³-hybridized carbons (Fsp3) is 0.467. The van der Waals surface area contributed by atoms with Crippen LogP contribution in [0.2, 0.25) is 0 Å². The smallest absolute Gasteiger partial charge is 0.244 e. The van der Waals surface area contributed by atoms with Gasteiger partial charge in [0.1, 0.15) is 5.82 Å². The van der Waals surface area contributed by atoms with Gasteiger partial charge < -0.3 is 5.11 Å². The zero-order valence-corrected chi connectivity index (χ0v) is 12.7. The molecule has 1 saturated heterocycles. The third-order valence-corrected chi connectivity index (χ3v) is 5.33. The highest BCUT2D eigenvalue weighted by Gasteiger charge is 2.32. The minimum atomic E-state index is -3.65. The molecule has 1 aromatic carbocycles. The van der Waals surface area contributed by atoms with Crippen LogP contribution in [0.3, 0.4) is 0 Å². The van der Waals surface area contributed by atoms with Crippen LogP contribution in [0.5, 0.6) is 0 Å². The topological polar surface area (TPSA) is 57.6 Å². The summed E-state index contributed by atoms with van der Waals surface area (Å²) in [7, 11) is -3.65. The minimum absolute atomic E-state index is 0.0310. The summed E-state index contributed by atoms with van der Waals surface area (Å²) in [5.74, 6) is 5.07. The summed E-state index contributed by atoms with van der Waals surface area (Å²) in [6, 6.07) is 3.51. The predicted molar refractivity (Wildman–Crippen MR) is 77.5 cm³/mol. The van der Waals surface area contributed by atoms with Crippen LogP contribution in [0.25, 0.3) is 0 Å². The number of rotatable bonds is 3. The molecule has 1 aliphatic rings. The molecule has 0 bridgehead atoms. The lowest BCUT2D eigenvalue weighted by molar-refractivity contribution is 0.305. The number of benzene rings is 1. The van der Waals surface area contributed by atoms with Gasteiger partial charge in [0.2, 0.25) is 10.0 Å². The first-order valence-corrected chi connectivity index (χ1v) is 8.28. The molecule has 21 heavy (non-hydrogen) atoms. The quantitative estimate of drug-likeness (QED) is 0.863. The first kappa shape index (κ1) is 16.0. The van der Waals surface area contributed by atoms with E-state index >= 15 is 0 Å². The summed E-state index contributed by atoms with van der Waals surface area (Å²) < 4.78 is 40.0. The lowest BCUT2D eigenvalue weighted by Crippen LogP contribution is -2.29. The van der Waals surface area contributed by atoms with Crippen LogP contribution in [0.1, 0.15) is 25.3 Å². The molecule has 4 nitrogen and oxygen atoms in total. The molecule has 2 rings (SSSR count). The summed E-state index contributed by atoms with van der Waals surface area (Å²) >= 11 is 0. The van der Waals surface area contributed by atoms with E-state index in [1.807, 2.05) is 6.92 Å². The molecule has 0 amide bonds. The molecule has 1 aromatic rings. The van der Waals surface area contributed by atoms with Crippen molar-refractivity contribution in [1.82, 2.24) is 4.31 Å². The second-order valence-electron chi connectivity index (χ2n) is 5.17. The van der Waals surface area contributed by atoms with E-state index in [4.69, 9.17) is 5.11 Å². The normalized spacial score (nSPS) is 19.3. The molecule has 1 N–H and O–H groups in total. The van der Waals surface area contributed by atoms with Gasteiger partial charge in [-0.25, -0.2) is 12.8 Å². The van der Waals surface area contributed by atoms with E-state index in [9.17, 15) is 12.8 Å². The van der Waals surface area contributed by atoms with E-state index in [0.29, 0.717) is 19.0 Å². The van der Waals surface area contributed by atoms with Gasteiger partial charge in [0.05, 0.1) is 11.5 Å². The van der Waals surface area contributed by atoms with Gasteiger partial charge in [0, 0.05) is 25.1 Å². The number of hydrogen-bond acceptors (Lipinski definition) is 3. The van der Waals surface area contributed by atoms with Crippen LogP contribution in [0.15, 0.2) is 23.1 Å². The van der Waals surface area contributed by atoms with Gasteiger partial charge in [-0.15, -0.1) is 0 Å². The van der Waals surface area contributed by atoms with Gasteiger partial charge in [-0.1, -0.05) is 18.8 Å². The lowest BCUT2D eigenvalue weighted by Gasteiger charge is -2.17. The summed E-state index contributed by atoms with van der Waals surface area (Å²) in [5, 5.41) is 8.73. The van der Waals surface area contributed by atoms with Crippen molar-refractivity contribution in [3.05, 3.63) is 29.6 Å². The van der Waals surface area contributed by atoms with Crippen molar-refractivity contribution in [2.24, 2.45) is 5.92 Å². The van der Waals surface area contributed by atoms with Crippen molar-refractivity contribution in [3.63, 3.8) is 0 Å². The Labute approximate surface area is 124 Å². The lowest BCUT2D eigenvalue weighted by atomic mass is 10.2. The summed E-state index contributed by atoms with van der Waals surface area (Å²) in [6.07, 6.45) is 1.04. The Bertz CT molecular complexity index is 676. The highest BCUT2D eigenvalue weighted by atomic mass is 32.2. The van der Waals surface area contributed by atoms with Gasteiger partial charge in [-0.3, -0.25) is 0 Å². The molecule has 0 aliphatic carbocycles. The average molecular weight is 311 g/mol. The zero-order chi connectivity index (χ0) is 15.5. The Morgan fingerprint density at radius 1 is 1.48 bits per heavy atom. The summed E-state index contributed by atoms with van der Waals surface area (Å²) in [5.41, 5.74) is 0.142. The fourth-order valence-corrected chi connectivity index (χ4v) is 3.99. The summed E-state index contributed by atoms with van der Waals surface area (Å²) in [4.78, 5) is 0.0310. The number of nitrogens with zero attached hydrogens (tertiary/aromatic N) is 1. The Morgan fingerprint density at radius 2 is 2.24 bits per heavy atom. The first-order valence-electron chi connectivity index (χ1n) is 6.84. The number of aliphatic hydroxyl groups excluding tert-OH is 1. The average Bonchev–Trinajstić information content (AvgIpc) is 2.86. The largest absolute Gasteiger partial charge is 0.395 e. The third-order valence-electron chi connectivity index (χ3n) is 3.41. The van der Waals surface area contributed by atoms with Gasteiger partial charge in [0.25, 0.3) is 0 Å². The molecule has 0 spiro atoms.